The molecule has 0 aliphatic carbocycles. The molecule has 9 heteroatoms. The quantitative estimate of drug-likeness (QED) is 0.464. The standard InChI is InChI=1S/C24H26ClN7O/c1-16-22-20(12-21(27-23(22)30(3)28-16)18-4-6-19(25)7-5-18)24(33)32-10-8-31(9-11-32)15-17-13-26-29(2)14-17/h4-7,12-14H,8-11,15H2,1-3H3. The maximum absolute atomic E-state index is 13.7. The minimum absolute atomic E-state index is 0.0229. The number of carbonyl (C=O) groups is 1. The lowest BCUT2D eigenvalue weighted by atomic mass is 10.0. The number of halogens is 1. The van der Waals surface area contributed by atoms with Gasteiger partial charge in [-0.1, -0.05) is 23.7 Å². The molecule has 1 aliphatic heterocycles. The Kier molecular flexibility index (Phi) is 5.64. The van der Waals surface area contributed by atoms with Crippen LogP contribution in [0.3, 0.4) is 0 Å². The Morgan fingerprint density at radius 3 is 2.48 bits per heavy atom. The van der Waals surface area contributed by atoms with Gasteiger partial charge in [0.25, 0.3) is 5.91 Å². The summed E-state index contributed by atoms with van der Waals surface area (Å²) in [5.41, 5.74) is 5.00. The molecule has 0 unspecified atom stereocenters. The number of amides is 1. The van der Waals surface area contributed by atoms with E-state index in [1.807, 2.05) is 73.3 Å². The number of aromatic nitrogens is 5. The smallest absolute Gasteiger partial charge is 0.254 e. The number of rotatable bonds is 4. The van der Waals surface area contributed by atoms with Crippen molar-refractivity contribution in [3.05, 3.63) is 64.6 Å². The molecule has 170 valence electrons. The van der Waals surface area contributed by atoms with Crippen LogP contribution in [-0.4, -0.2) is 66.4 Å². The molecule has 0 spiro atoms. The Balaban J connectivity index is 1.42. The first kappa shape index (κ1) is 21.6. The highest BCUT2D eigenvalue weighted by Gasteiger charge is 2.26. The Morgan fingerprint density at radius 1 is 1.09 bits per heavy atom. The van der Waals surface area contributed by atoms with E-state index in [1.54, 1.807) is 4.68 Å². The van der Waals surface area contributed by atoms with E-state index in [1.165, 1.54) is 5.56 Å². The van der Waals surface area contributed by atoms with Gasteiger partial charge in [0.1, 0.15) is 0 Å². The normalized spacial score (nSPS) is 14.8. The lowest BCUT2D eigenvalue weighted by molar-refractivity contribution is 0.0630. The van der Waals surface area contributed by atoms with Gasteiger partial charge >= 0.3 is 0 Å². The van der Waals surface area contributed by atoms with E-state index in [0.717, 1.165) is 42.0 Å². The summed E-state index contributed by atoms with van der Waals surface area (Å²) in [5.74, 6) is 0.0229. The predicted octanol–water partition coefficient (Wildman–Crippen LogP) is 3.29. The molecule has 1 aliphatic rings. The number of piperazine rings is 1. The highest BCUT2D eigenvalue weighted by atomic mass is 35.5. The van der Waals surface area contributed by atoms with E-state index in [0.29, 0.717) is 29.3 Å². The molecule has 1 saturated heterocycles. The summed E-state index contributed by atoms with van der Waals surface area (Å²) in [6.07, 6.45) is 3.93. The van der Waals surface area contributed by atoms with E-state index in [4.69, 9.17) is 16.6 Å². The van der Waals surface area contributed by atoms with Crippen LogP contribution in [0.4, 0.5) is 0 Å². The van der Waals surface area contributed by atoms with Crippen molar-refractivity contribution in [1.29, 1.82) is 0 Å². The van der Waals surface area contributed by atoms with Gasteiger partial charge in [-0.2, -0.15) is 10.2 Å². The molecule has 0 atom stereocenters. The average Bonchev–Trinajstić information content (AvgIpc) is 3.35. The summed E-state index contributed by atoms with van der Waals surface area (Å²) in [4.78, 5) is 22.8. The van der Waals surface area contributed by atoms with Crippen molar-refractivity contribution >= 4 is 28.5 Å². The molecule has 4 heterocycles. The molecule has 33 heavy (non-hydrogen) atoms. The van der Waals surface area contributed by atoms with Crippen LogP contribution in [0.1, 0.15) is 21.6 Å². The number of hydrogen-bond donors (Lipinski definition) is 0. The third-order valence-corrected chi connectivity index (χ3v) is 6.42. The van der Waals surface area contributed by atoms with E-state index in [-0.39, 0.29) is 5.91 Å². The number of benzene rings is 1. The van der Waals surface area contributed by atoms with Gasteiger partial charge in [0.2, 0.25) is 0 Å². The van der Waals surface area contributed by atoms with Crippen LogP contribution in [0, 0.1) is 6.92 Å². The number of carbonyl (C=O) groups excluding carboxylic acids is 1. The van der Waals surface area contributed by atoms with Crippen molar-refractivity contribution in [3.63, 3.8) is 0 Å². The fourth-order valence-corrected chi connectivity index (χ4v) is 4.60. The minimum Gasteiger partial charge on any atom is -0.336 e. The molecular formula is C24H26ClN7O. The molecule has 0 N–H and O–H groups in total. The zero-order valence-corrected chi connectivity index (χ0v) is 19.7. The summed E-state index contributed by atoms with van der Waals surface area (Å²) in [6.45, 7) is 5.78. The number of nitrogens with zero attached hydrogens (tertiary/aromatic N) is 7. The van der Waals surface area contributed by atoms with Gasteiger partial charge in [-0.05, 0) is 25.1 Å². The molecule has 1 amide bonds. The van der Waals surface area contributed by atoms with Crippen LogP contribution in [0.5, 0.6) is 0 Å². The lowest BCUT2D eigenvalue weighted by Gasteiger charge is -2.34. The first-order valence-corrected chi connectivity index (χ1v) is 11.4. The monoisotopic (exact) mass is 463 g/mol. The Labute approximate surface area is 197 Å². The summed E-state index contributed by atoms with van der Waals surface area (Å²) >= 11 is 6.07. The fraction of sp³-hybridized carbons (Fsp3) is 0.333. The second-order valence-electron chi connectivity index (χ2n) is 8.56. The van der Waals surface area contributed by atoms with Crippen molar-refractivity contribution in [1.82, 2.24) is 34.3 Å². The molecular weight excluding hydrogens is 438 g/mol. The number of fused-ring (bicyclic) bond motifs is 1. The van der Waals surface area contributed by atoms with Crippen LogP contribution in [0.2, 0.25) is 5.02 Å². The van der Waals surface area contributed by atoms with Gasteiger partial charge in [0, 0.05) is 69.2 Å². The van der Waals surface area contributed by atoms with Crippen molar-refractivity contribution in [2.45, 2.75) is 13.5 Å². The number of hydrogen-bond acceptors (Lipinski definition) is 5. The summed E-state index contributed by atoms with van der Waals surface area (Å²) in [5, 5.41) is 10.3. The van der Waals surface area contributed by atoms with Crippen LogP contribution in [0.25, 0.3) is 22.3 Å². The van der Waals surface area contributed by atoms with Crippen LogP contribution in [-0.2, 0) is 20.6 Å². The van der Waals surface area contributed by atoms with Gasteiger partial charge in [-0.15, -0.1) is 0 Å². The molecule has 0 bridgehead atoms. The highest BCUT2D eigenvalue weighted by molar-refractivity contribution is 6.30. The lowest BCUT2D eigenvalue weighted by Crippen LogP contribution is -2.48. The van der Waals surface area contributed by atoms with Crippen LogP contribution in [0.15, 0.2) is 42.7 Å². The second-order valence-corrected chi connectivity index (χ2v) is 9.00. The first-order chi connectivity index (χ1) is 15.9. The van der Waals surface area contributed by atoms with E-state index < -0.39 is 0 Å². The van der Waals surface area contributed by atoms with Gasteiger partial charge < -0.3 is 4.90 Å². The molecule has 4 aromatic rings. The predicted molar refractivity (Wildman–Crippen MR) is 128 cm³/mol. The largest absolute Gasteiger partial charge is 0.336 e. The zero-order chi connectivity index (χ0) is 23.1. The highest BCUT2D eigenvalue weighted by Crippen LogP contribution is 2.29. The summed E-state index contributed by atoms with van der Waals surface area (Å²) in [6, 6.07) is 9.40. The topological polar surface area (TPSA) is 72.1 Å². The van der Waals surface area contributed by atoms with Gasteiger partial charge in [-0.3, -0.25) is 19.1 Å². The van der Waals surface area contributed by atoms with Crippen LogP contribution >= 0.6 is 11.6 Å². The summed E-state index contributed by atoms with van der Waals surface area (Å²) in [7, 11) is 3.79. The number of pyridine rings is 1. The van der Waals surface area contributed by atoms with Crippen LogP contribution < -0.4 is 0 Å². The molecule has 5 rings (SSSR count). The third-order valence-electron chi connectivity index (χ3n) is 6.16. The van der Waals surface area contributed by atoms with Crippen molar-refractivity contribution in [2.75, 3.05) is 26.2 Å². The van der Waals surface area contributed by atoms with Gasteiger partial charge in [0.05, 0.1) is 28.5 Å². The molecule has 3 aromatic heterocycles. The summed E-state index contributed by atoms with van der Waals surface area (Å²) < 4.78 is 3.56. The Hall–Kier alpha value is -3.23. The molecule has 8 nitrogen and oxygen atoms in total. The Bertz CT molecular complexity index is 1320. The van der Waals surface area contributed by atoms with Gasteiger partial charge in [-0.25, -0.2) is 4.98 Å². The molecule has 1 fully saturated rings. The van der Waals surface area contributed by atoms with Crippen molar-refractivity contribution < 1.29 is 4.79 Å². The number of aryl methyl sites for hydroxylation is 3. The maximum Gasteiger partial charge on any atom is 0.254 e. The average molecular weight is 464 g/mol. The second kappa shape index (κ2) is 8.61. The van der Waals surface area contributed by atoms with E-state index in [2.05, 4.69) is 15.1 Å². The van der Waals surface area contributed by atoms with E-state index in [9.17, 15) is 4.79 Å². The molecule has 1 aromatic carbocycles. The SMILES string of the molecule is Cc1nn(C)c2nc(-c3ccc(Cl)cc3)cc(C(=O)N3CCN(Cc4cnn(C)c4)CC3)c12. The minimum atomic E-state index is 0.0229. The maximum atomic E-state index is 13.7. The Morgan fingerprint density at radius 2 is 1.82 bits per heavy atom. The van der Waals surface area contributed by atoms with Crippen molar-refractivity contribution in [2.24, 2.45) is 14.1 Å². The molecule has 0 saturated carbocycles. The van der Waals surface area contributed by atoms with Crippen molar-refractivity contribution in [3.8, 4) is 11.3 Å². The fourth-order valence-electron chi connectivity index (χ4n) is 4.47. The van der Waals surface area contributed by atoms with Gasteiger partial charge in [0.15, 0.2) is 5.65 Å². The first-order valence-electron chi connectivity index (χ1n) is 11.0. The molecule has 0 radical (unpaired) electrons. The third kappa shape index (κ3) is 4.24. The zero-order valence-electron chi connectivity index (χ0n) is 19.0. The van der Waals surface area contributed by atoms with E-state index >= 15 is 0 Å².